The van der Waals surface area contributed by atoms with E-state index in [1.165, 1.54) is 24.3 Å². The molecular formula is C13H11NO7S2. The third-order valence-electron chi connectivity index (χ3n) is 2.80. The van der Waals surface area contributed by atoms with Crippen molar-refractivity contribution in [1.82, 2.24) is 0 Å². The number of rotatable bonds is 5. The molecule has 0 aliphatic rings. The van der Waals surface area contributed by atoms with E-state index in [-0.39, 0.29) is 11.1 Å². The number of hydrogen-bond donors (Lipinski definition) is 2. The van der Waals surface area contributed by atoms with Crippen LogP contribution in [0.3, 0.4) is 0 Å². The summed E-state index contributed by atoms with van der Waals surface area (Å²) in [5, 5.41) is 0. The molecule has 0 aromatic heterocycles. The van der Waals surface area contributed by atoms with Gasteiger partial charge in [0.25, 0.3) is 0 Å². The highest BCUT2D eigenvalue weighted by Gasteiger charge is 2.28. The molecule has 0 aliphatic carbocycles. The summed E-state index contributed by atoms with van der Waals surface area (Å²) in [5.74, 6) is -0.909. The Morgan fingerprint density at radius 1 is 0.957 bits per heavy atom. The number of carbonyl (C=O) groups is 1. The van der Waals surface area contributed by atoms with Gasteiger partial charge in [0.05, 0.1) is 0 Å². The summed E-state index contributed by atoms with van der Waals surface area (Å²) in [7, 11) is -10.2. The van der Waals surface area contributed by atoms with Crippen LogP contribution in [0.15, 0.2) is 53.4 Å². The number of nitrogens with two attached hydrogens (primary N) is 1. The molecule has 2 rings (SSSR count). The predicted molar refractivity (Wildman–Crippen MR) is 80.2 cm³/mol. The Balaban J connectivity index is 2.80. The molecule has 0 atom stereocenters. The fourth-order valence-corrected chi connectivity index (χ4v) is 3.92. The first-order valence-electron chi connectivity index (χ1n) is 6.03. The van der Waals surface area contributed by atoms with Crippen molar-refractivity contribution in [1.29, 1.82) is 0 Å². The molecule has 0 unspecified atom stereocenters. The normalized spacial score (nSPS) is 12.0. The molecule has 1 amide bonds. The van der Waals surface area contributed by atoms with Gasteiger partial charge >= 0.3 is 20.5 Å². The van der Waals surface area contributed by atoms with Crippen LogP contribution in [0.5, 0.6) is 0 Å². The Labute approximate surface area is 132 Å². The monoisotopic (exact) mass is 357 g/mol. The van der Waals surface area contributed by atoms with Crippen molar-refractivity contribution in [2.45, 2.75) is 4.90 Å². The molecule has 2 aromatic rings. The van der Waals surface area contributed by atoms with Crippen molar-refractivity contribution < 1.29 is 29.8 Å². The van der Waals surface area contributed by atoms with Crippen LogP contribution in [-0.4, -0.2) is 27.3 Å². The molecule has 122 valence electrons. The standard InChI is InChI=1S/C13H11NO7S2/c14-13(15)10-7-4-8-11(22(16,17)21-23(18,19)20)12(10)9-5-2-1-3-6-9/h1-8H,(H2,14,15)(H,18,19,20). The Kier molecular flexibility index (Phi) is 4.52. The van der Waals surface area contributed by atoms with E-state index in [1.807, 2.05) is 0 Å². The van der Waals surface area contributed by atoms with E-state index in [4.69, 9.17) is 10.3 Å². The maximum atomic E-state index is 12.1. The summed E-state index contributed by atoms with van der Waals surface area (Å²) in [5.41, 5.74) is 5.29. The molecule has 0 saturated carbocycles. The van der Waals surface area contributed by atoms with Crippen molar-refractivity contribution in [2.24, 2.45) is 5.73 Å². The quantitative estimate of drug-likeness (QED) is 0.759. The van der Waals surface area contributed by atoms with Gasteiger partial charge in [0.15, 0.2) is 0 Å². The SMILES string of the molecule is NC(=O)c1cccc(S(=O)(=O)OS(=O)(=O)O)c1-c1ccccc1. The molecule has 3 N–H and O–H groups in total. The smallest absolute Gasteiger partial charge is 0.366 e. The van der Waals surface area contributed by atoms with Crippen LogP contribution in [0.2, 0.25) is 0 Å². The van der Waals surface area contributed by atoms with E-state index in [0.29, 0.717) is 5.56 Å². The molecule has 0 spiro atoms. The topological polar surface area (TPSA) is 141 Å². The van der Waals surface area contributed by atoms with Gasteiger partial charge in [-0.2, -0.15) is 16.8 Å². The number of primary amides is 1. The summed E-state index contributed by atoms with van der Waals surface area (Å²) < 4.78 is 58.1. The molecule has 0 heterocycles. The first kappa shape index (κ1) is 17.1. The first-order chi connectivity index (χ1) is 10.6. The van der Waals surface area contributed by atoms with Crippen molar-refractivity contribution in [2.75, 3.05) is 0 Å². The zero-order chi connectivity index (χ0) is 17.3. The van der Waals surface area contributed by atoms with E-state index >= 15 is 0 Å². The van der Waals surface area contributed by atoms with Gasteiger partial charge in [0.2, 0.25) is 5.91 Å². The van der Waals surface area contributed by atoms with E-state index in [1.54, 1.807) is 18.2 Å². The molecule has 10 heteroatoms. The lowest BCUT2D eigenvalue weighted by Crippen LogP contribution is -2.17. The molecule has 0 aliphatic heterocycles. The molecule has 0 fully saturated rings. The Bertz CT molecular complexity index is 951. The summed E-state index contributed by atoms with van der Waals surface area (Å²) in [6.45, 7) is 0. The third-order valence-corrected chi connectivity index (χ3v) is 5.08. The lowest BCUT2D eigenvalue weighted by molar-refractivity contribution is 0.100. The van der Waals surface area contributed by atoms with Gasteiger partial charge in [-0.3, -0.25) is 9.35 Å². The van der Waals surface area contributed by atoms with Crippen LogP contribution >= 0.6 is 0 Å². The van der Waals surface area contributed by atoms with Crippen LogP contribution in [0.1, 0.15) is 10.4 Å². The summed E-state index contributed by atoms with van der Waals surface area (Å²) >= 11 is 0. The zero-order valence-corrected chi connectivity index (χ0v) is 13.0. The molecule has 0 saturated heterocycles. The first-order valence-corrected chi connectivity index (χ1v) is 8.81. The fraction of sp³-hybridized carbons (Fsp3) is 0. The van der Waals surface area contributed by atoms with Gasteiger partial charge in [-0.1, -0.05) is 36.4 Å². The van der Waals surface area contributed by atoms with Gasteiger partial charge < -0.3 is 5.73 Å². The van der Waals surface area contributed by atoms with Crippen LogP contribution in [0.4, 0.5) is 0 Å². The number of hydrogen-bond acceptors (Lipinski definition) is 6. The average molecular weight is 357 g/mol. The van der Waals surface area contributed by atoms with Crippen molar-refractivity contribution in [3.8, 4) is 11.1 Å². The highest BCUT2D eigenvalue weighted by atomic mass is 32.3. The lowest BCUT2D eigenvalue weighted by atomic mass is 9.99. The molecule has 8 nitrogen and oxygen atoms in total. The van der Waals surface area contributed by atoms with Gasteiger partial charge in [-0.15, -0.1) is 3.63 Å². The van der Waals surface area contributed by atoms with E-state index in [2.05, 4.69) is 3.63 Å². The van der Waals surface area contributed by atoms with Crippen molar-refractivity contribution >= 4 is 26.4 Å². The fourth-order valence-electron chi connectivity index (χ4n) is 2.00. The summed E-state index contributed by atoms with van der Waals surface area (Å²) in [6, 6.07) is 11.4. The zero-order valence-electron chi connectivity index (χ0n) is 11.4. The molecule has 2 aromatic carbocycles. The Hall–Kier alpha value is -2.27. The highest BCUT2D eigenvalue weighted by molar-refractivity contribution is 7.97. The molecular weight excluding hydrogens is 346 g/mol. The van der Waals surface area contributed by atoms with Crippen LogP contribution in [-0.2, 0) is 24.1 Å². The van der Waals surface area contributed by atoms with Crippen LogP contribution < -0.4 is 5.73 Å². The molecule has 23 heavy (non-hydrogen) atoms. The minimum absolute atomic E-state index is 0.121. The highest BCUT2D eigenvalue weighted by Crippen LogP contribution is 2.32. The minimum Gasteiger partial charge on any atom is -0.366 e. The van der Waals surface area contributed by atoms with Crippen molar-refractivity contribution in [3.05, 3.63) is 54.1 Å². The van der Waals surface area contributed by atoms with Gasteiger partial charge in [-0.05, 0) is 17.7 Å². The van der Waals surface area contributed by atoms with E-state index < -0.39 is 31.3 Å². The Morgan fingerprint density at radius 2 is 1.57 bits per heavy atom. The largest absolute Gasteiger partial charge is 0.412 e. The number of carbonyl (C=O) groups excluding carboxylic acids is 1. The van der Waals surface area contributed by atoms with Gasteiger partial charge in [0, 0.05) is 11.1 Å². The number of amides is 1. The van der Waals surface area contributed by atoms with Crippen LogP contribution in [0, 0.1) is 0 Å². The lowest BCUT2D eigenvalue weighted by Gasteiger charge is -2.12. The van der Waals surface area contributed by atoms with E-state index in [9.17, 15) is 21.6 Å². The average Bonchev–Trinajstić information content (AvgIpc) is 2.45. The maximum Gasteiger partial charge on any atom is 0.412 e. The molecule has 0 radical (unpaired) electrons. The number of benzene rings is 2. The Morgan fingerprint density at radius 3 is 2.09 bits per heavy atom. The van der Waals surface area contributed by atoms with Gasteiger partial charge in [-0.25, -0.2) is 0 Å². The second-order valence-corrected chi connectivity index (χ2v) is 7.11. The van der Waals surface area contributed by atoms with Crippen molar-refractivity contribution in [3.63, 3.8) is 0 Å². The second-order valence-electron chi connectivity index (χ2n) is 4.36. The second kappa shape index (κ2) is 6.08. The third kappa shape index (κ3) is 3.93. The van der Waals surface area contributed by atoms with Gasteiger partial charge in [0.1, 0.15) is 4.90 Å². The minimum atomic E-state index is -5.27. The maximum absolute atomic E-state index is 12.1. The predicted octanol–water partition coefficient (Wildman–Crippen LogP) is 0.961. The summed E-state index contributed by atoms with van der Waals surface area (Å²) in [4.78, 5) is 11.0. The van der Waals surface area contributed by atoms with E-state index in [0.717, 1.165) is 6.07 Å². The van der Waals surface area contributed by atoms with Crippen LogP contribution in [0.25, 0.3) is 11.1 Å². The summed E-state index contributed by atoms with van der Waals surface area (Å²) in [6.07, 6.45) is 0. The molecule has 0 bridgehead atoms.